The number of halogens is 2. The summed E-state index contributed by atoms with van der Waals surface area (Å²) in [6.45, 7) is 2.99. The molecule has 0 aliphatic carbocycles. The highest BCUT2D eigenvalue weighted by Gasteiger charge is 2.20. The molecule has 2 nitrogen and oxygen atoms in total. The van der Waals surface area contributed by atoms with Crippen LogP contribution in [0.3, 0.4) is 0 Å². The smallest absolute Gasteiger partial charge is 0.139 e. The van der Waals surface area contributed by atoms with E-state index in [1.165, 1.54) is 9.13 Å². The zero-order chi connectivity index (χ0) is 12.3. The van der Waals surface area contributed by atoms with Crippen molar-refractivity contribution in [2.75, 3.05) is 6.54 Å². The standard InChI is InChI=1S/C13H13BrINO/c1-2-16-12(13-10(14)7-8-17-13)9-5-3-4-6-11(9)15/h3-8,12,16H,2H2,1H3. The van der Waals surface area contributed by atoms with Gasteiger partial charge in [-0.1, -0.05) is 25.1 Å². The van der Waals surface area contributed by atoms with E-state index in [4.69, 9.17) is 4.42 Å². The fourth-order valence-electron chi connectivity index (χ4n) is 1.77. The summed E-state index contributed by atoms with van der Waals surface area (Å²) in [7, 11) is 0. The zero-order valence-corrected chi connectivity index (χ0v) is 13.2. The molecule has 0 radical (unpaired) electrons. The average Bonchev–Trinajstić information content (AvgIpc) is 2.74. The van der Waals surface area contributed by atoms with Crippen molar-refractivity contribution < 1.29 is 4.42 Å². The molecule has 2 aromatic rings. The molecule has 0 aliphatic heterocycles. The van der Waals surface area contributed by atoms with Crippen LogP contribution in [0.1, 0.15) is 24.3 Å². The molecule has 1 heterocycles. The molecule has 0 spiro atoms. The van der Waals surface area contributed by atoms with E-state index in [9.17, 15) is 0 Å². The minimum Gasteiger partial charge on any atom is -0.466 e. The Morgan fingerprint density at radius 3 is 2.71 bits per heavy atom. The van der Waals surface area contributed by atoms with E-state index in [0.717, 1.165) is 16.8 Å². The normalized spacial score (nSPS) is 12.6. The molecule has 0 amide bonds. The molecule has 2 rings (SSSR count). The van der Waals surface area contributed by atoms with Crippen molar-refractivity contribution in [3.63, 3.8) is 0 Å². The van der Waals surface area contributed by atoms with Gasteiger partial charge in [0.05, 0.1) is 16.8 Å². The fraction of sp³-hybridized carbons (Fsp3) is 0.231. The van der Waals surface area contributed by atoms with Gasteiger partial charge >= 0.3 is 0 Å². The van der Waals surface area contributed by atoms with E-state index in [0.29, 0.717) is 0 Å². The van der Waals surface area contributed by atoms with E-state index in [-0.39, 0.29) is 6.04 Å². The van der Waals surface area contributed by atoms with Gasteiger partial charge in [-0.2, -0.15) is 0 Å². The highest BCUT2D eigenvalue weighted by atomic mass is 127. The molecule has 0 saturated heterocycles. The summed E-state index contributed by atoms with van der Waals surface area (Å²) in [6, 6.07) is 10.4. The van der Waals surface area contributed by atoms with Crippen LogP contribution in [0.25, 0.3) is 0 Å². The number of furan rings is 1. The Hall–Kier alpha value is -0.330. The molecule has 1 unspecified atom stereocenters. The molecule has 1 N–H and O–H groups in total. The Balaban J connectivity index is 2.43. The van der Waals surface area contributed by atoms with Crippen LogP contribution in [-0.4, -0.2) is 6.54 Å². The topological polar surface area (TPSA) is 25.2 Å². The minimum atomic E-state index is 0.0949. The monoisotopic (exact) mass is 405 g/mol. The van der Waals surface area contributed by atoms with E-state index < -0.39 is 0 Å². The van der Waals surface area contributed by atoms with Gasteiger partial charge in [0, 0.05) is 3.57 Å². The van der Waals surface area contributed by atoms with Crippen LogP contribution < -0.4 is 5.32 Å². The lowest BCUT2D eigenvalue weighted by atomic mass is 10.0. The molecule has 17 heavy (non-hydrogen) atoms. The third-order valence-electron chi connectivity index (χ3n) is 2.53. The Labute approximate surface area is 123 Å². The SMILES string of the molecule is CCNC(c1ccccc1I)c1occc1Br. The second-order valence-corrected chi connectivity index (χ2v) is 5.66. The van der Waals surface area contributed by atoms with Gasteiger partial charge in [-0.25, -0.2) is 0 Å². The predicted molar refractivity (Wildman–Crippen MR) is 81.1 cm³/mol. The summed E-state index contributed by atoms with van der Waals surface area (Å²) in [5.74, 6) is 0.927. The lowest BCUT2D eigenvalue weighted by Gasteiger charge is -2.18. The number of nitrogens with one attached hydrogen (secondary N) is 1. The first-order valence-electron chi connectivity index (χ1n) is 5.44. The summed E-state index contributed by atoms with van der Waals surface area (Å²) >= 11 is 5.88. The number of rotatable bonds is 4. The van der Waals surface area contributed by atoms with Crippen LogP contribution in [-0.2, 0) is 0 Å². The summed E-state index contributed by atoms with van der Waals surface area (Å²) in [4.78, 5) is 0. The highest BCUT2D eigenvalue weighted by Crippen LogP contribution is 2.31. The summed E-state index contributed by atoms with van der Waals surface area (Å²) in [5, 5.41) is 3.45. The Morgan fingerprint density at radius 2 is 2.12 bits per heavy atom. The zero-order valence-electron chi connectivity index (χ0n) is 9.41. The van der Waals surface area contributed by atoms with Crippen molar-refractivity contribution >= 4 is 38.5 Å². The molecule has 0 aliphatic rings. The number of benzene rings is 1. The van der Waals surface area contributed by atoms with Crippen molar-refractivity contribution in [1.29, 1.82) is 0 Å². The van der Waals surface area contributed by atoms with Gasteiger partial charge in [-0.3, -0.25) is 0 Å². The van der Waals surface area contributed by atoms with E-state index in [1.54, 1.807) is 6.26 Å². The molecule has 1 aromatic heterocycles. The molecule has 0 saturated carbocycles. The van der Waals surface area contributed by atoms with Crippen LogP contribution in [0.2, 0.25) is 0 Å². The van der Waals surface area contributed by atoms with Gasteiger partial charge in [-0.05, 0) is 62.8 Å². The second-order valence-electron chi connectivity index (χ2n) is 3.64. The van der Waals surface area contributed by atoms with Crippen molar-refractivity contribution in [2.24, 2.45) is 0 Å². The van der Waals surface area contributed by atoms with Crippen LogP contribution in [0.4, 0.5) is 0 Å². The first-order chi connectivity index (χ1) is 8.24. The maximum atomic E-state index is 5.58. The maximum absolute atomic E-state index is 5.58. The highest BCUT2D eigenvalue weighted by molar-refractivity contribution is 14.1. The number of hydrogen-bond donors (Lipinski definition) is 1. The van der Waals surface area contributed by atoms with Gasteiger partial charge in [0.1, 0.15) is 5.76 Å². The molecular weight excluding hydrogens is 393 g/mol. The number of hydrogen-bond acceptors (Lipinski definition) is 2. The molecular formula is C13H13BrINO. The second kappa shape index (κ2) is 6.02. The van der Waals surface area contributed by atoms with E-state index >= 15 is 0 Å². The van der Waals surface area contributed by atoms with Crippen LogP contribution in [0.5, 0.6) is 0 Å². The van der Waals surface area contributed by atoms with Crippen molar-refractivity contribution in [2.45, 2.75) is 13.0 Å². The average molecular weight is 406 g/mol. The lowest BCUT2D eigenvalue weighted by Crippen LogP contribution is -2.22. The molecule has 4 heteroatoms. The Kier molecular flexibility index (Phi) is 4.64. The first-order valence-corrected chi connectivity index (χ1v) is 7.32. The van der Waals surface area contributed by atoms with Gasteiger partial charge in [0.15, 0.2) is 0 Å². The van der Waals surface area contributed by atoms with Gasteiger partial charge in [-0.15, -0.1) is 0 Å². The van der Waals surface area contributed by atoms with Crippen LogP contribution in [0, 0.1) is 3.57 Å². The van der Waals surface area contributed by atoms with Gasteiger partial charge in [0.25, 0.3) is 0 Å². The molecule has 90 valence electrons. The van der Waals surface area contributed by atoms with Crippen molar-refractivity contribution in [3.8, 4) is 0 Å². The Bertz CT molecular complexity index is 498. The predicted octanol–water partition coefficient (Wildman–Crippen LogP) is 4.35. The summed E-state index contributed by atoms with van der Waals surface area (Å²) < 4.78 is 7.81. The van der Waals surface area contributed by atoms with Crippen LogP contribution >= 0.6 is 38.5 Å². The molecule has 0 fully saturated rings. The third-order valence-corrected chi connectivity index (χ3v) is 4.17. The lowest BCUT2D eigenvalue weighted by molar-refractivity contribution is 0.449. The quantitative estimate of drug-likeness (QED) is 0.765. The summed E-state index contributed by atoms with van der Waals surface area (Å²) in [6.07, 6.45) is 1.71. The summed E-state index contributed by atoms with van der Waals surface area (Å²) in [5.41, 5.74) is 1.24. The largest absolute Gasteiger partial charge is 0.466 e. The van der Waals surface area contributed by atoms with E-state index in [1.807, 2.05) is 12.1 Å². The van der Waals surface area contributed by atoms with Gasteiger partial charge < -0.3 is 9.73 Å². The molecule has 1 atom stereocenters. The fourth-order valence-corrected chi connectivity index (χ4v) is 2.90. The third kappa shape index (κ3) is 2.92. The van der Waals surface area contributed by atoms with Crippen molar-refractivity contribution in [1.82, 2.24) is 5.32 Å². The minimum absolute atomic E-state index is 0.0949. The van der Waals surface area contributed by atoms with E-state index in [2.05, 4.69) is 69.0 Å². The Morgan fingerprint density at radius 1 is 1.35 bits per heavy atom. The van der Waals surface area contributed by atoms with Crippen molar-refractivity contribution in [3.05, 3.63) is 56.0 Å². The molecule has 1 aromatic carbocycles. The first kappa shape index (κ1) is 13.1. The maximum Gasteiger partial charge on any atom is 0.139 e. The van der Waals surface area contributed by atoms with Gasteiger partial charge in [0.2, 0.25) is 0 Å². The molecule has 0 bridgehead atoms. The van der Waals surface area contributed by atoms with Crippen LogP contribution in [0.15, 0.2) is 45.5 Å².